The summed E-state index contributed by atoms with van der Waals surface area (Å²) in [4.78, 5) is 14.9. The van der Waals surface area contributed by atoms with Crippen LogP contribution < -0.4 is 14.8 Å². The number of nitrogens with zero attached hydrogens (tertiary/aromatic N) is 1. The number of aromatic nitrogens is 1. The minimum absolute atomic E-state index is 0.0189. The number of ketones is 1. The molecule has 1 N–H and O–H groups in total. The first-order valence-electron chi connectivity index (χ1n) is 6.07. The average molecular weight is 252 g/mol. The lowest BCUT2D eigenvalue weighted by molar-refractivity contribution is -0.118. The van der Waals surface area contributed by atoms with E-state index in [9.17, 15) is 4.79 Å². The Morgan fingerprint density at radius 3 is 2.83 bits per heavy atom. The molecule has 0 unspecified atom stereocenters. The maximum atomic E-state index is 10.8. The molecule has 0 amide bonds. The first-order chi connectivity index (χ1) is 8.61. The van der Waals surface area contributed by atoms with Gasteiger partial charge in [0.05, 0.1) is 6.20 Å². The van der Waals surface area contributed by atoms with Gasteiger partial charge in [0, 0.05) is 12.6 Å². The second kappa shape index (κ2) is 7.66. The summed E-state index contributed by atoms with van der Waals surface area (Å²) in [6.45, 7) is 7.27. The molecule has 1 heterocycles. The van der Waals surface area contributed by atoms with Gasteiger partial charge in [-0.15, -0.1) is 0 Å². The summed E-state index contributed by atoms with van der Waals surface area (Å²) in [6.07, 6.45) is 1.61. The van der Waals surface area contributed by atoms with Crippen molar-refractivity contribution in [2.45, 2.75) is 26.9 Å². The van der Waals surface area contributed by atoms with Crippen molar-refractivity contribution in [1.29, 1.82) is 0 Å². The number of hydrogen-bond donors (Lipinski definition) is 1. The molecule has 0 bridgehead atoms. The molecule has 18 heavy (non-hydrogen) atoms. The molecule has 1 aromatic rings. The molecule has 5 heteroatoms. The van der Waals surface area contributed by atoms with Gasteiger partial charge in [-0.05, 0) is 26.5 Å². The summed E-state index contributed by atoms with van der Waals surface area (Å²) >= 11 is 0. The fourth-order valence-corrected chi connectivity index (χ4v) is 1.30. The summed E-state index contributed by atoms with van der Waals surface area (Å²) in [5.74, 6) is 1.10. The Bertz CT molecular complexity index is 365. The van der Waals surface area contributed by atoms with Gasteiger partial charge in [0.15, 0.2) is 5.78 Å². The van der Waals surface area contributed by atoms with Crippen LogP contribution in [0.3, 0.4) is 0 Å². The lowest BCUT2D eigenvalue weighted by atomic mass is 10.4. The van der Waals surface area contributed by atoms with E-state index in [1.54, 1.807) is 18.3 Å². The molecule has 0 saturated carbocycles. The highest BCUT2D eigenvalue weighted by Crippen LogP contribution is 2.14. The molecule has 0 aromatic carbocycles. The minimum Gasteiger partial charge on any atom is -0.484 e. The quantitative estimate of drug-likeness (QED) is 0.758. The second-order valence-corrected chi connectivity index (χ2v) is 4.06. The average Bonchev–Trinajstić information content (AvgIpc) is 2.35. The molecule has 5 nitrogen and oxygen atoms in total. The van der Waals surface area contributed by atoms with Crippen LogP contribution in [0.25, 0.3) is 0 Å². The number of rotatable bonds is 8. The van der Waals surface area contributed by atoms with Crippen LogP contribution in [0.15, 0.2) is 18.3 Å². The molecule has 0 fully saturated rings. The monoisotopic (exact) mass is 252 g/mol. The summed E-state index contributed by atoms with van der Waals surface area (Å²) in [5.41, 5.74) is 0. The Morgan fingerprint density at radius 1 is 1.50 bits per heavy atom. The van der Waals surface area contributed by atoms with Crippen molar-refractivity contribution in [2.75, 3.05) is 19.7 Å². The van der Waals surface area contributed by atoms with Gasteiger partial charge in [0.2, 0.25) is 5.88 Å². The van der Waals surface area contributed by atoms with E-state index in [4.69, 9.17) is 9.47 Å². The fraction of sp³-hybridized carbons (Fsp3) is 0.538. The Hall–Kier alpha value is -1.62. The number of likely N-dealkylation sites (N-methyl/N-ethyl adjacent to an activating group) is 1. The third-order valence-electron chi connectivity index (χ3n) is 2.16. The number of hydrogen-bond acceptors (Lipinski definition) is 5. The van der Waals surface area contributed by atoms with Gasteiger partial charge in [-0.25, -0.2) is 4.98 Å². The largest absolute Gasteiger partial charge is 0.484 e. The Kier molecular flexibility index (Phi) is 6.14. The lowest BCUT2D eigenvalue weighted by Gasteiger charge is -2.14. The molecular formula is C13H20N2O3. The number of ether oxygens (including phenoxy) is 2. The zero-order chi connectivity index (χ0) is 13.4. The van der Waals surface area contributed by atoms with E-state index in [1.165, 1.54) is 6.92 Å². The van der Waals surface area contributed by atoms with E-state index in [0.29, 0.717) is 11.6 Å². The van der Waals surface area contributed by atoms with Gasteiger partial charge in [0.25, 0.3) is 0 Å². The number of carbonyl (C=O) groups excluding carboxylic acids is 1. The van der Waals surface area contributed by atoms with E-state index in [2.05, 4.69) is 10.3 Å². The highest BCUT2D eigenvalue weighted by molar-refractivity contribution is 5.77. The molecule has 0 radical (unpaired) electrons. The lowest BCUT2D eigenvalue weighted by Crippen LogP contribution is -2.28. The maximum absolute atomic E-state index is 10.8. The Balaban J connectivity index is 2.42. The third-order valence-corrected chi connectivity index (χ3v) is 2.16. The number of pyridine rings is 1. The van der Waals surface area contributed by atoms with Crippen LogP contribution in [0.4, 0.5) is 0 Å². The molecule has 100 valence electrons. The third kappa shape index (κ3) is 5.63. The fourth-order valence-electron chi connectivity index (χ4n) is 1.30. The summed E-state index contributed by atoms with van der Waals surface area (Å²) in [5, 5.41) is 3.20. The topological polar surface area (TPSA) is 60.5 Å². The molecule has 0 aliphatic rings. The first-order valence-corrected chi connectivity index (χ1v) is 6.07. The van der Waals surface area contributed by atoms with Gasteiger partial charge in [-0.1, -0.05) is 6.92 Å². The minimum atomic E-state index is -0.0189. The first kappa shape index (κ1) is 14.4. The number of nitrogens with one attached hydrogen (secondary N) is 1. The second-order valence-electron chi connectivity index (χ2n) is 4.06. The highest BCUT2D eigenvalue weighted by Gasteiger charge is 2.04. The van der Waals surface area contributed by atoms with Gasteiger partial charge >= 0.3 is 0 Å². The molecule has 1 rings (SSSR count). The van der Waals surface area contributed by atoms with Crippen molar-refractivity contribution in [3.8, 4) is 11.6 Å². The smallest absolute Gasteiger partial charge is 0.213 e. The van der Waals surface area contributed by atoms with Crippen LogP contribution in [0.2, 0.25) is 0 Å². The predicted octanol–water partition coefficient (Wildman–Crippen LogP) is 1.43. The molecule has 1 aromatic heterocycles. The molecule has 0 saturated heterocycles. The Morgan fingerprint density at radius 2 is 2.28 bits per heavy atom. The van der Waals surface area contributed by atoms with Crippen LogP contribution in [0.1, 0.15) is 20.8 Å². The van der Waals surface area contributed by atoms with Crippen LogP contribution in [0.5, 0.6) is 11.6 Å². The summed E-state index contributed by atoms with van der Waals surface area (Å²) < 4.78 is 10.8. The molecule has 1 atom stereocenters. The molecule has 0 spiro atoms. The van der Waals surface area contributed by atoms with Gasteiger partial charge < -0.3 is 14.8 Å². The van der Waals surface area contributed by atoms with Crippen molar-refractivity contribution in [3.05, 3.63) is 18.3 Å². The van der Waals surface area contributed by atoms with Crippen molar-refractivity contribution >= 4 is 5.78 Å². The molecule has 0 aliphatic heterocycles. The van der Waals surface area contributed by atoms with Crippen molar-refractivity contribution in [3.63, 3.8) is 0 Å². The van der Waals surface area contributed by atoms with Crippen LogP contribution in [-0.4, -0.2) is 36.6 Å². The van der Waals surface area contributed by atoms with Crippen LogP contribution in [0, 0.1) is 0 Å². The highest BCUT2D eigenvalue weighted by atomic mass is 16.5. The zero-order valence-electron chi connectivity index (χ0n) is 11.1. The van der Waals surface area contributed by atoms with Crippen molar-refractivity contribution in [2.24, 2.45) is 0 Å². The van der Waals surface area contributed by atoms with E-state index >= 15 is 0 Å². The van der Waals surface area contributed by atoms with Crippen molar-refractivity contribution in [1.82, 2.24) is 10.3 Å². The zero-order valence-corrected chi connectivity index (χ0v) is 11.1. The van der Waals surface area contributed by atoms with Gasteiger partial charge in [0.1, 0.15) is 18.5 Å². The van der Waals surface area contributed by atoms with E-state index in [1.807, 2.05) is 13.8 Å². The van der Waals surface area contributed by atoms with Crippen LogP contribution >= 0.6 is 0 Å². The SMILES string of the molecule is CCNC[C@@H](C)Oc1ccc(OCC(C)=O)cn1. The standard InChI is InChI=1S/C13H20N2O3/c1-4-14-7-11(3)18-13-6-5-12(8-15-13)17-9-10(2)16/h5-6,8,11,14H,4,7,9H2,1-3H3/t11-/m1/s1. The molecular weight excluding hydrogens is 232 g/mol. The van der Waals surface area contributed by atoms with Crippen LogP contribution in [-0.2, 0) is 4.79 Å². The van der Waals surface area contributed by atoms with E-state index in [-0.39, 0.29) is 18.5 Å². The van der Waals surface area contributed by atoms with E-state index < -0.39 is 0 Å². The number of carbonyl (C=O) groups is 1. The summed E-state index contributed by atoms with van der Waals surface area (Å²) in [6, 6.07) is 3.48. The maximum Gasteiger partial charge on any atom is 0.213 e. The number of Topliss-reactive ketones (excluding diaryl/α,β-unsaturated/α-hetero) is 1. The van der Waals surface area contributed by atoms with Crippen molar-refractivity contribution < 1.29 is 14.3 Å². The van der Waals surface area contributed by atoms with Gasteiger partial charge in [-0.2, -0.15) is 0 Å². The Labute approximate surface area is 108 Å². The predicted molar refractivity (Wildman–Crippen MR) is 69.0 cm³/mol. The summed E-state index contributed by atoms with van der Waals surface area (Å²) in [7, 11) is 0. The van der Waals surface area contributed by atoms with Gasteiger partial charge in [-0.3, -0.25) is 4.79 Å². The normalized spacial score (nSPS) is 11.9. The van der Waals surface area contributed by atoms with E-state index in [0.717, 1.165) is 13.1 Å². The molecule has 0 aliphatic carbocycles.